The van der Waals surface area contributed by atoms with Gasteiger partial charge in [-0.2, -0.15) is 0 Å². The van der Waals surface area contributed by atoms with Crippen molar-refractivity contribution in [1.82, 2.24) is 10.3 Å². The van der Waals surface area contributed by atoms with E-state index < -0.39 is 6.10 Å². The SMILES string of the molecule is O=C(NCC(O)Cc1ccccc1)c1cc(Cl)cc2cccnc12. The molecule has 4 nitrogen and oxygen atoms in total. The van der Waals surface area contributed by atoms with E-state index in [2.05, 4.69) is 10.3 Å². The third-order valence-corrected chi connectivity index (χ3v) is 3.94. The number of aliphatic hydroxyl groups excluding tert-OH is 1. The number of aromatic nitrogens is 1. The molecule has 1 amide bonds. The molecule has 1 aromatic heterocycles. The predicted molar refractivity (Wildman–Crippen MR) is 95.2 cm³/mol. The van der Waals surface area contributed by atoms with Crippen LogP contribution in [-0.4, -0.2) is 28.6 Å². The van der Waals surface area contributed by atoms with Gasteiger partial charge in [-0.25, -0.2) is 0 Å². The molecule has 3 rings (SSSR count). The number of amides is 1. The predicted octanol–water partition coefficient (Wildman–Crippen LogP) is 3.22. The summed E-state index contributed by atoms with van der Waals surface area (Å²) in [6, 6.07) is 16.7. The third kappa shape index (κ3) is 3.91. The average Bonchev–Trinajstić information content (AvgIpc) is 2.59. The van der Waals surface area contributed by atoms with E-state index in [-0.39, 0.29) is 12.5 Å². The van der Waals surface area contributed by atoms with Gasteiger partial charge in [-0.15, -0.1) is 0 Å². The van der Waals surface area contributed by atoms with Crippen LogP contribution in [0.5, 0.6) is 0 Å². The number of nitrogens with zero attached hydrogens (tertiary/aromatic N) is 1. The van der Waals surface area contributed by atoms with Crippen LogP contribution in [0.4, 0.5) is 0 Å². The average molecular weight is 341 g/mol. The molecular formula is C19H17ClN2O2. The first-order chi connectivity index (χ1) is 11.6. The van der Waals surface area contributed by atoms with Gasteiger partial charge in [0.15, 0.2) is 0 Å². The summed E-state index contributed by atoms with van der Waals surface area (Å²) in [7, 11) is 0. The van der Waals surface area contributed by atoms with Crippen LogP contribution in [0.25, 0.3) is 10.9 Å². The lowest BCUT2D eigenvalue weighted by Crippen LogP contribution is -2.33. The van der Waals surface area contributed by atoms with E-state index in [9.17, 15) is 9.90 Å². The van der Waals surface area contributed by atoms with Gasteiger partial charge in [-0.1, -0.05) is 48.0 Å². The van der Waals surface area contributed by atoms with Crippen molar-refractivity contribution in [3.63, 3.8) is 0 Å². The number of hydrogen-bond acceptors (Lipinski definition) is 3. The van der Waals surface area contributed by atoms with E-state index in [1.165, 1.54) is 0 Å². The Kier molecular flexibility index (Phi) is 5.08. The Hall–Kier alpha value is -2.43. The molecule has 122 valence electrons. The Balaban J connectivity index is 1.69. The van der Waals surface area contributed by atoms with Crippen LogP contribution in [0.1, 0.15) is 15.9 Å². The molecule has 0 spiro atoms. The molecule has 0 aliphatic carbocycles. The summed E-state index contributed by atoms with van der Waals surface area (Å²) in [4.78, 5) is 16.7. The monoisotopic (exact) mass is 340 g/mol. The molecule has 0 saturated carbocycles. The molecule has 0 saturated heterocycles. The molecule has 2 N–H and O–H groups in total. The highest BCUT2D eigenvalue weighted by molar-refractivity contribution is 6.32. The van der Waals surface area contributed by atoms with E-state index >= 15 is 0 Å². The first-order valence-corrected chi connectivity index (χ1v) is 8.06. The maximum absolute atomic E-state index is 12.4. The van der Waals surface area contributed by atoms with Gasteiger partial charge in [0.05, 0.1) is 17.2 Å². The number of carbonyl (C=O) groups is 1. The quantitative estimate of drug-likeness (QED) is 0.749. The van der Waals surface area contributed by atoms with Gasteiger partial charge in [0.25, 0.3) is 5.91 Å². The van der Waals surface area contributed by atoms with Crippen LogP contribution >= 0.6 is 11.6 Å². The molecule has 0 aliphatic heterocycles. The van der Waals surface area contributed by atoms with Crippen molar-refractivity contribution in [2.75, 3.05) is 6.54 Å². The number of nitrogens with one attached hydrogen (secondary N) is 1. The van der Waals surface area contributed by atoms with Crippen LogP contribution in [0, 0.1) is 0 Å². The number of carbonyl (C=O) groups excluding carboxylic acids is 1. The summed E-state index contributed by atoms with van der Waals surface area (Å²) >= 11 is 6.08. The molecule has 0 aliphatic rings. The fourth-order valence-corrected chi connectivity index (χ4v) is 2.82. The molecule has 5 heteroatoms. The lowest BCUT2D eigenvalue weighted by atomic mass is 10.1. The lowest BCUT2D eigenvalue weighted by Gasteiger charge is -2.13. The third-order valence-electron chi connectivity index (χ3n) is 3.73. The van der Waals surface area contributed by atoms with Crippen molar-refractivity contribution in [2.24, 2.45) is 0 Å². The summed E-state index contributed by atoms with van der Waals surface area (Å²) in [6.45, 7) is 0.161. The Morgan fingerprint density at radius 2 is 1.96 bits per heavy atom. The first-order valence-electron chi connectivity index (χ1n) is 7.68. The molecule has 1 unspecified atom stereocenters. The van der Waals surface area contributed by atoms with Gasteiger partial charge >= 0.3 is 0 Å². The second kappa shape index (κ2) is 7.43. The van der Waals surface area contributed by atoms with Gasteiger partial charge < -0.3 is 10.4 Å². The molecule has 0 radical (unpaired) electrons. The highest BCUT2D eigenvalue weighted by atomic mass is 35.5. The Morgan fingerprint density at radius 3 is 2.75 bits per heavy atom. The zero-order chi connectivity index (χ0) is 16.9. The first kappa shape index (κ1) is 16.4. The van der Waals surface area contributed by atoms with Crippen LogP contribution < -0.4 is 5.32 Å². The number of rotatable bonds is 5. The van der Waals surface area contributed by atoms with Crippen molar-refractivity contribution in [1.29, 1.82) is 0 Å². The smallest absolute Gasteiger partial charge is 0.253 e. The van der Waals surface area contributed by atoms with Crippen molar-refractivity contribution < 1.29 is 9.90 Å². The molecule has 1 heterocycles. The van der Waals surface area contributed by atoms with Crippen LogP contribution in [0.3, 0.4) is 0 Å². The van der Waals surface area contributed by atoms with E-state index in [1.807, 2.05) is 36.4 Å². The normalized spacial score (nSPS) is 12.1. The number of hydrogen-bond donors (Lipinski definition) is 2. The van der Waals surface area contributed by atoms with E-state index in [1.54, 1.807) is 24.4 Å². The fourth-order valence-electron chi connectivity index (χ4n) is 2.59. The molecular weight excluding hydrogens is 324 g/mol. The van der Waals surface area contributed by atoms with E-state index in [4.69, 9.17) is 11.6 Å². The van der Waals surface area contributed by atoms with E-state index in [0.29, 0.717) is 22.5 Å². The second-order valence-electron chi connectivity index (χ2n) is 5.58. The Bertz CT molecular complexity index is 852. The van der Waals surface area contributed by atoms with Crippen LogP contribution in [0.15, 0.2) is 60.8 Å². The second-order valence-corrected chi connectivity index (χ2v) is 6.02. The van der Waals surface area contributed by atoms with E-state index in [0.717, 1.165) is 10.9 Å². The lowest BCUT2D eigenvalue weighted by molar-refractivity contribution is 0.0917. The van der Waals surface area contributed by atoms with Crippen molar-refractivity contribution >= 4 is 28.4 Å². The maximum atomic E-state index is 12.4. The van der Waals surface area contributed by atoms with Gasteiger partial charge in [0, 0.05) is 29.6 Å². The number of fused-ring (bicyclic) bond motifs is 1. The Morgan fingerprint density at radius 1 is 1.17 bits per heavy atom. The van der Waals surface area contributed by atoms with Crippen LogP contribution in [0.2, 0.25) is 5.02 Å². The minimum atomic E-state index is -0.658. The number of pyridine rings is 1. The van der Waals surface area contributed by atoms with Crippen molar-refractivity contribution in [2.45, 2.75) is 12.5 Å². The van der Waals surface area contributed by atoms with Gasteiger partial charge in [0.1, 0.15) is 0 Å². The summed E-state index contributed by atoms with van der Waals surface area (Å²) < 4.78 is 0. The van der Waals surface area contributed by atoms with Crippen LogP contribution in [-0.2, 0) is 6.42 Å². The molecule has 1 atom stereocenters. The largest absolute Gasteiger partial charge is 0.391 e. The molecule has 0 bridgehead atoms. The van der Waals surface area contributed by atoms with Crippen molar-refractivity contribution in [3.05, 3.63) is 76.9 Å². The summed E-state index contributed by atoms with van der Waals surface area (Å²) in [6.07, 6.45) is 1.46. The zero-order valence-electron chi connectivity index (χ0n) is 12.9. The summed E-state index contributed by atoms with van der Waals surface area (Å²) in [5, 5.41) is 14.1. The standard InChI is InChI=1S/C19H17ClN2O2/c20-15-10-14-7-4-8-21-18(14)17(11-15)19(24)22-12-16(23)9-13-5-2-1-3-6-13/h1-8,10-11,16,23H,9,12H2,(H,22,24). The molecule has 2 aromatic carbocycles. The fraction of sp³-hybridized carbons (Fsp3) is 0.158. The number of halogens is 1. The minimum absolute atomic E-state index is 0.161. The minimum Gasteiger partial charge on any atom is -0.391 e. The molecule has 24 heavy (non-hydrogen) atoms. The van der Waals surface area contributed by atoms with Gasteiger partial charge in [0.2, 0.25) is 0 Å². The maximum Gasteiger partial charge on any atom is 0.253 e. The number of aliphatic hydroxyl groups is 1. The van der Waals surface area contributed by atoms with Crippen molar-refractivity contribution in [3.8, 4) is 0 Å². The summed E-state index contributed by atoms with van der Waals surface area (Å²) in [5.41, 5.74) is 2.02. The summed E-state index contributed by atoms with van der Waals surface area (Å²) in [5.74, 6) is -0.298. The topological polar surface area (TPSA) is 62.2 Å². The highest BCUT2D eigenvalue weighted by Gasteiger charge is 2.14. The zero-order valence-corrected chi connectivity index (χ0v) is 13.7. The van der Waals surface area contributed by atoms with Gasteiger partial charge in [-0.3, -0.25) is 9.78 Å². The highest BCUT2D eigenvalue weighted by Crippen LogP contribution is 2.22. The van der Waals surface area contributed by atoms with Gasteiger partial charge in [-0.05, 0) is 23.8 Å². The number of benzene rings is 2. The molecule has 3 aromatic rings. The Labute approximate surface area is 145 Å². The molecule has 0 fully saturated rings.